The molecule has 6 heteroatoms. The lowest BCUT2D eigenvalue weighted by molar-refractivity contribution is -0.147. The monoisotopic (exact) mass is 411 g/mol. The molecule has 3 rings (SSSR count). The lowest BCUT2D eigenvalue weighted by Gasteiger charge is -2.27. The van der Waals surface area contributed by atoms with E-state index >= 15 is 0 Å². The van der Waals surface area contributed by atoms with E-state index in [0.29, 0.717) is 24.9 Å². The molecule has 3 atom stereocenters. The standard InChI is InChI=1S/C24H33N3O3/c1-5-26(6-2)18-13-11-17(12-14-18)25-22(28)21(15-16(3)4)27-23(29)19-9-7-8-10-20(19)24(27)30/h7-8,11-14,16,19-21H,5-6,9-10,15H2,1-4H3,(H,25,28). The van der Waals surface area contributed by atoms with Gasteiger partial charge in [0.25, 0.3) is 0 Å². The maximum Gasteiger partial charge on any atom is 0.247 e. The molecule has 0 radical (unpaired) electrons. The smallest absolute Gasteiger partial charge is 0.247 e. The third-order valence-corrected chi connectivity index (χ3v) is 6.11. The fourth-order valence-electron chi connectivity index (χ4n) is 4.48. The largest absolute Gasteiger partial charge is 0.372 e. The van der Waals surface area contributed by atoms with Crippen molar-refractivity contribution in [2.24, 2.45) is 17.8 Å². The molecule has 0 bridgehead atoms. The number of anilines is 2. The van der Waals surface area contributed by atoms with Gasteiger partial charge in [-0.05, 0) is 63.3 Å². The third-order valence-electron chi connectivity index (χ3n) is 6.11. The van der Waals surface area contributed by atoms with Crippen LogP contribution in [0.3, 0.4) is 0 Å². The molecule has 1 aliphatic carbocycles. The highest BCUT2D eigenvalue weighted by Gasteiger charge is 2.51. The summed E-state index contributed by atoms with van der Waals surface area (Å²) in [5.74, 6) is -1.17. The summed E-state index contributed by atoms with van der Waals surface area (Å²) >= 11 is 0. The van der Waals surface area contributed by atoms with Crippen molar-refractivity contribution in [3.05, 3.63) is 36.4 Å². The van der Waals surface area contributed by atoms with E-state index in [0.717, 1.165) is 18.8 Å². The molecule has 2 aliphatic rings. The average Bonchev–Trinajstić information content (AvgIpc) is 2.99. The van der Waals surface area contributed by atoms with E-state index in [1.165, 1.54) is 4.90 Å². The molecule has 1 fully saturated rings. The lowest BCUT2D eigenvalue weighted by Crippen LogP contribution is -2.48. The minimum Gasteiger partial charge on any atom is -0.372 e. The van der Waals surface area contributed by atoms with Gasteiger partial charge < -0.3 is 10.2 Å². The van der Waals surface area contributed by atoms with Gasteiger partial charge >= 0.3 is 0 Å². The second-order valence-electron chi connectivity index (χ2n) is 8.56. The molecule has 6 nitrogen and oxygen atoms in total. The molecule has 1 saturated heterocycles. The van der Waals surface area contributed by atoms with Crippen molar-refractivity contribution in [3.8, 4) is 0 Å². The molecular formula is C24H33N3O3. The summed E-state index contributed by atoms with van der Waals surface area (Å²) in [6, 6.07) is 6.92. The molecule has 1 aromatic carbocycles. The van der Waals surface area contributed by atoms with Crippen molar-refractivity contribution in [3.63, 3.8) is 0 Å². The number of carbonyl (C=O) groups excluding carboxylic acids is 3. The van der Waals surface area contributed by atoms with Crippen LogP contribution in [0.25, 0.3) is 0 Å². The summed E-state index contributed by atoms with van der Waals surface area (Å²) in [6.45, 7) is 10.0. The number of nitrogens with one attached hydrogen (secondary N) is 1. The molecule has 1 aromatic rings. The first-order valence-electron chi connectivity index (χ1n) is 11.0. The minimum absolute atomic E-state index is 0.173. The predicted molar refractivity (Wildman–Crippen MR) is 119 cm³/mol. The molecule has 1 aliphatic heterocycles. The molecule has 3 unspecified atom stereocenters. The number of rotatable bonds is 8. The van der Waals surface area contributed by atoms with Crippen molar-refractivity contribution in [2.45, 2.75) is 53.0 Å². The fourth-order valence-corrected chi connectivity index (χ4v) is 4.48. The highest BCUT2D eigenvalue weighted by atomic mass is 16.2. The van der Waals surface area contributed by atoms with E-state index in [2.05, 4.69) is 24.1 Å². The van der Waals surface area contributed by atoms with E-state index < -0.39 is 6.04 Å². The van der Waals surface area contributed by atoms with Gasteiger partial charge in [0.15, 0.2) is 0 Å². The van der Waals surface area contributed by atoms with Crippen molar-refractivity contribution in [2.75, 3.05) is 23.3 Å². The first kappa shape index (κ1) is 22.1. The zero-order valence-corrected chi connectivity index (χ0v) is 18.4. The van der Waals surface area contributed by atoms with Crippen LogP contribution in [0.15, 0.2) is 36.4 Å². The van der Waals surface area contributed by atoms with Gasteiger partial charge in [-0.1, -0.05) is 26.0 Å². The van der Waals surface area contributed by atoms with E-state index in [1.807, 2.05) is 50.3 Å². The normalized spacial score (nSPS) is 21.7. The Hall–Kier alpha value is -2.63. The number of allylic oxidation sites excluding steroid dienone is 2. The number of imide groups is 1. The van der Waals surface area contributed by atoms with Gasteiger partial charge in [-0.3, -0.25) is 19.3 Å². The van der Waals surface area contributed by atoms with Crippen molar-refractivity contribution >= 4 is 29.1 Å². The Bertz CT molecular complexity index is 785. The Morgan fingerprint density at radius 2 is 1.57 bits per heavy atom. The number of amides is 3. The van der Waals surface area contributed by atoms with Crippen LogP contribution in [-0.4, -0.2) is 41.8 Å². The quantitative estimate of drug-likeness (QED) is 0.521. The number of benzene rings is 1. The van der Waals surface area contributed by atoms with Crippen LogP contribution in [0.5, 0.6) is 0 Å². The Morgan fingerprint density at radius 1 is 1.03 bits per heavy atom. The number of nitrogens with zero attached hydrogens (tertiary/aromatic N) is 2. The average molecular weight is 412 g/mol. The van der Waals surface area contributed by atoms with Crippen LogP contribution in [0.1, 0.15) is 47.0 Å². The van der Waals surface area contributed by atoms with Crippen LogP contribution in [0, 0.1) is 17.8 Å². The molecule has 3 amide bonds. The number of carbonyl (C=O) groups is 3. The van der Waals surface area contributed by atoms with E-state index in [4.69, 9.17) is 0 Å². The maximum absolute atomic E-state index is 13.2. The summed E-state index contributed by atoms with van der Waals surface area (Å²) in [6.07, 6.45) is 5.53. The first-order valence-corrected chi connectivity index (χ1v) is 11.0. The number of likely N-dealkylation sites (tertiary alicyclic amines) is 1. The lowest BCUT2D eigenvalue weighted by atomic mass is 9.85. The Balaban J connectivity index is 1.78. The van der Waals surface area contributed by atoms with Gasteiger partial charge in [-0.15, -0.1) is 0 Å². The van der Waals surface area contributed by atoms with E-state index in [-0.39, 0.29) is 35.5 Å². The van der Waals surface area contributed by atoms with Gasteiger partial charge in [-0.2, -0.15) is 0 Å². The van der Waals surface area contributed by atoms with Crippen LogP contribution >= 0.6 is 0 Å². The highest BCUT2D eigenvalue weighted by Crippen LogP contribution is 2.37. The molecule has 0 saturated carbocycles. The van der Waals surface area contributed by atoms with E-state index in [1.54, 1.807) is 0 Å². The van der Waals surface area contributed by atoms with E-state index in [9.17, 15) is 14.4 Å². The van der Waals surface area contributed by atoms with Crippen molar-refractivity contribution < 1.29 is 14.4 Å². The molecule has 0 spiro atoms. The van der Waals surface area contributed by atoms with Crippen LogP contribution < -0.4 is 10.2 Å². The Kier molecular flexibility index (Phi) is 6.95. The second-order valence-corrected chi connectivity index (χ2v) is 8.56. The van der Waals surface area contributed by atoms with Gasteiger partial charge in [-0.25, -0.2) is 0 Å². The second kappa shape index (κ2) is 9.45. The number of hydrogen-bond acceptors (Lipinski definition) is 4. The molecule has 162 valence electrons. The topological polar surface area (TPSA) is 69.7 Å². The van der Waals surface area contributed by atoms with Crippen LogP contribution in [-0.2, 0) is 14.4 Å². The summed E-state index contributed by atoms with van der Waals surface area (Å²) < 4.78 is 0. The molecule has 1 heterocycles. The van der Waals surface area contributed by atoms with Gasteiger partial charge in [0.1, 0.15) is 6.04 Å². The number of hydrogen-bond donors (Lipinski definition) is 1. The van der Waals surface area contributed by atoms with Gasteiger partial charge in [0.2, 0.25) is 17.7 Å². The molecular weight excluding hydrogens is 378 g/mol. The third kappa shape index (κ3) is 4.42. The molecule has 0 aromatic heterocycles. The summed E-state index contributed by atoms with van der Waals surface area (Å²) in [7, 11) is 0. The highest BCUT2D eigenvalue weighted by molar-refractivity contribution is 6.10. The molecule has 1 N–H and O–H groups in total. The fraction of sp³-hybridized carbons (Fsp3) is 0.542. The van der Waals surface area contributed by atoms with Crippen LogP contribution in [0.4, 0.5) is 11.4 Å². The van der Waals surface area contributed by atoms with Crippen molar-refractivity contribution in [1.82, 2.24) is 4.90 Å². The SMILES string of the molecule is CCN(CC)c1ccc(NC(=O)C(CC(C)C)N2C(=O)C3CC=CCC3C2=O)cc1. The van der Waals surface area contributed by atoms with Crippen LogP contribution in [0.2, 0.25) is 0 Å². The summed E-state index contributed by atoms with van der Waals surface area (Å²) in [4.78, 5) is 42.7. The minimum atomic E-state index is -0.780. The number of fused-ring (bicyclic) bond motifs is 1. The van der Waals surface area contributed by atoms with Gasteiger partial charge in [0, 0.05) is 24.5 Å². The summed E-state index contributed by atoms with van der Waals surface area (Å²) in [5.41, 5.74) is 1.76. The summed E-state index contributed by atoms with van der Waals surface area (Å²) in [5, 5.41) is 2.93. The zero-order valence-electron chi connectivity index (χ0n) is 18.4. The zero-order chi connectivity index (χ0) is 21.8. The predicted octanol–water partition coefficient (Wildman–Crippen LogP) is 3.84. The maximum atomic E-state index is 13.2. The Labute approximate surface area is 179 Å². The molecule has 30 heavy (non-hydrogen) atoms. The van der Waals surface area contributed by atoms with Crippen molar-refractivity contribution in [1.29, 1.82) is 0 Å². The first-order chi connectivity index (χ1) is 14.4. The van der Waals surface area contributed by atoms with Gasteiger partial charge in [0.05, 0.1) is 11.8 Å². The Morgan fingerprint density at radius 3 is 2.03 bits per heavy atom.